The first-order valence-corrected chi connectivity index (χ1v) is 15.4. The zero-order valence-electron chi connectivity index (χ0n) is 23.6. The number of benzene rings is 2. The largest absolute Gasteiger partial charge is 0.372 e. The van der Waals surface area contributed by atoms with Crippen molar-refractivity contribution in [3.63, 3.8) is 0 Å². The fourth-order valence-electron chi connectivity index (χ4n) is 2.23. The molecular weight excluding hydrogens is 564 g/mol. The fraction of sp³-hybridized carbons (Fsp3) is 0.345. The van der Waals surface area contributed by atoms with Crippen LogP contribution in [0.2, 0.25) is 0 Å². The molecule has 2 aromatic rings. The number of allylic oxidation sites excluding steroid dienone is 1. The Morgan fingerprint density at radius 2 is 1.42 bits per heavy atom. The summed E-state index contributed by atoms with van der Waals surface area (Å²) >= 11 is 15.1. The summed E-state index contributed by atoms with van der Waals surface area (Å²) in [4.78, 5) is 5.15. The van der Waals surface area contributed by atoms with Gasteiger partial charge in [-0.05, 0) is 55.0 Å². The van der Waals surface area contributed by atoms with E-state index in [1.54, 1.807) is 43.5 Å². The van der Waals surface area contributed by atoms with E-state index in [9.17, 15) is 12.8 Å². The number of ether oxygens (including phenoxy) is 1. The third-order valence-corrected chi connectivity index (χ3v) is 5.39. The molecule has 0 saturated carbocycles. The fourth-order valence-corrected chi connectivity index (χ4v) is 3.27. The Kier molecular flexibility index (Phi) is 27.1. The van der Waals surface area contributed by atoms with Crippen molar-refractivity contribution in [2.75, 3.05) is 19.5 Å². The number of thiol groups is 1. The summed E-state index contributed by atoms with van der Waals surface area (Å²) < 4.78 is 41.9. The van der Waals surface area contributed by atoms with Gasteiger partial charge < -0.3 is 4.74 Å². The maximum absolute atomic E-state index is 13.3. The first-order chi connectivity index (χ1) is 18.1. The Balaban J connectivity index is -0.00000108. The Morgan fingerprint density at radius 1 is 0.974 bits per heavy atom. The van der Waals surface area contributed by atoms with Crippen molar-refractivity contribution in [3.05, 3.63) is 88.7 Å². The number of hydrogen-bond donors (Lipinski definition) is 1. The van der Waals surface area contributed by atoms with Crippen molar-refractivity contribution in [1.29, 1.82) is 0 Å². The van der Waals surface area contributed by atoms with Crippen LogP contribution in [0.25, 0.3) is 10.6 Å². The van der Waals surface area contributed by atoms with E-state index in [1.165, 1.54) is 29.8 Å². The van der Waals surface area contributed by atoms with Gasteiger partial charge in [0.25, 0.3) is 0 Å². The summed E-state index contributed by atoms with van der Waals surface area (Å²) in [5, 5.41) is 0.639. The summed E-state index contributed by atoms with van der Waals surface area (Å²) in [6.07, 6.45) is 4.37. The van der Waals surface area contributed by atoms with Crippen molar-refractivity contribution < 1.29 is 17.5 Å². The van der Waals surface area contributed by atoms with Gasteiger partial charge in [-0.2, -0.15) is 0 Å². The van der Waals surface area contributed by atoms with E-state index < -0.39 is 9.84 Å². The van der Waals surface area contributed by atoms with Gasteiger partial charge in [-0.1, -0.05) is 83.5 Å². The first-order valence-electron chi connectivity index (χ1n) is 12.2. The van der Waals surface area contributed by atoms with Crippen molar-refractivity contribution in [3.8, 4) is 0 Å². The quantitative estimate of drug-likeness (QED) is 0.141. The van der Waals surface area contributed by atoms with Gasteiger partial charge in [-0.15, -0.1) is 12.6 Å². The Labute approximate surface area is 245 Å². The molecule has 0 aromatic heterocycles. The summed E-state index contributed by atoms with van der Waals surface area (Å²) in [5.41, 5.74) is 3.22. The molecule has 0 fully saturated rings. The molecule has 4 nitrogen and oxygen atoms in total. The van der Waals surface area contributed by atoms with Gasteiger partial charge in [-0.3, -0.25) is 4.99 Å². The maximum atomic E-state index is 13.3. The van der Waals surface area contributed by atoms with Crippen LogP contribution in [-0.2, 0) is 14.6 Å². The molecule has 0 aliphatic carbocycles. The van der Waals surface area contributed by atoms with Gasteiger partial charge in [0.2, 0.25) is 0 Å². The SMILES string of the molecule is C=C(C)Cl.CC.CC.CC.CS(=O)(=O)c1ccc(/C(S)=C(/N=CCOC/C=C/Cl)c2ccc(F)cc2)cc1. The van der Waals surface area contributed by atoms with Crippen LogP contribution in [0.1, 0.15) is 59.6 Å². The summed E-state index contributed by atoms with van der Waals surface area (Å²) in [5.74, 6) is -0.360. The van der Waals surface area contributed by atoms with Crippen molar-refractivity contribution in [1.82, 2.24) is 0 Å². The second-order valence-electron chi connectivity index (χ2n) is 6.39. The number of sulfone groups is 1. The third kappa shape index (κ3) is 19.2. The monoisotopic (exact) mass is 605 g/mol. The molecule has 214 valence electrons. The van der Waals surface area contributed by atoms with E-state index in [4.69, 9.17) is 27.9 Å². The minimum Gasteiger partial charge on any atom is -0.372 e. The van der Waals surface area contributed by atoms with Gasteiger partial charge >= 0.3 is 0 Å². The lowest BCUT2D eigenvalue weighted by atomic mass is 10.1. The van der Waals surface area contributed by atoms with E-state index in [2.05, 4.69) is 24.2 Å². The second kappa shape index (κ2) is 25.4. The van der Waals surface area contributed by atoms with Crippen LogP contribution < -0.4 is 0 Å². The molecule has 0 bridgehead atoms. The van der Waals surface area contributed by atoms with Crippen LogP contribution in [0, 0.1) is 5.82 Å². The maximum Gasteiger partial charge on any atom is 0.175 e. The van der Waals surface area contributed by atoms with Crippen LogP contribution >= 0.6 is 35.8 Å². The summed E-state index contributed by atoms with van der Waals surface area (Å²) in [6.45, 7) is 17.7. The highest BCUT2D eigenvalue weighted by Gasteiger charge is 2.11. The number of halogens is 3. The van der Waals surface area contributed by atoms with E-state index in [-0.39, 0.29) is 17.3 Å². The molecule has 9 heteroatoms. The normalized spacial score (nSPS) is 10.9. The minimum absolute atomic E-state index is 0.213. The lowest BCUT2D eigenvalue weighted by molar-refractivity contribution is 0.207. The number of hydrogen-bond acceptors (Lipinski definition) is 5. The van der Waals surface area contributed by atoms with Crippen LogP contribution in [-0.4, -0.2) is 34.1 Å². The molecule has 0 unspecified atom stereocenters. The van der Waals surface area contributed by atoms with E-state index in [0.29, 0.717) is 33.4 Å². The zero-order chi connectivity index (χ0) is 30.1. The Morgan fingerprint density at radius 3 is 1.84 bits per heavy atom. The van der Waals surface area contributed by atoms with Crippen LogP contribution in [0.15, 0.2) is 81.6 Å². The van der Waals surface area contributed by atoms with E-state index in [0.717, 1.165) is 6.26 Å². The molecule has 38 heavy (non-hydrogen) atoms. The molecule has 0 atom stereocenters. The molecule has 0 saturated heterocycles. The topological polar surface area (TPSA) is 55.7 Å². The second-order valence-corrected chi connectivity index (χ2v) is 9.75. The average molecular weight is 607 g/mol. The highest BCUT2D eigenvalue weighted by Crippen LogP contribution is 2.31. The Bertz CT molecular complexity index is 1080. The molecule has 0 heterocycles. The van der Waals surface area contributed by atoms with Gasteiger partial charge in [0.1, 0.15) is 5.82 Å². The van der Waals surface area contributed by atoms with Crippen molar-refractivity contribution in [2.45, 2.75) is 53.4 Å². The van der Waals surface area contributed by atoms with Gasteiger partial charge in [0, 0.05) is 33.5 Å². The predicted molar refractivity (Wildman–Crippen MR) is 171 cm³/mol. The molecular formula is C29H42Cl2FNO3S2. The molecule has 0 aliphatic rings. The molecule has 0 spiro atoms. The smallest absolute Gasteiger partial charge is 0.175 e. The van der Waals surface area contributed by atoms with E-state index in [1.807, 2.05) is 41.5 Å². The third-order valence-electron chi connectivity index (χ3n) is 3.61. The van der Waals surface area contributed by atoms with Gasteiger partial charge in [0.05, 0.1) is 23.8 Å². The zero-order valence-corrected chi connectivity index (χ0v) is 26.9. The van der Waals surface area contributed by atoms with Crippen molar-refractivity contribution in [2.24, 2.45) is 4.99 Å². The highest BCUT2D eigenvalue weighted by molar-refractivity contribution is 7.91. The summed E-state index contributed by atoms with van der Waals surface area (Å²) in [6, 6.07) is 12.2. The lowest BCUT2D eigenvalue weighted by Crippen LogP contribution is -1.97. The van der Waals surface area contributed by atoms with Crippen LogP contribution in [0.5, 0.6) is 0 Å². The number of aliphatic imine (C=N–C) groups is 1. The highest BCUT2D eigenvalue weighted by atomic mass is 35.5. The first kappa shape index (κ1) is 40.6. The number of rotatable bonds is 8. The molecule has 0 radical (unpaired) electrons. The molecule has 0 N–H and O–H groups in total. The van der Waals surface area contributed by atoms with Crippen LogP contribution in [0.4, 0.5) is 4.39 Å². The van der Waals surface area contributed by atoms with Crippen LogP contribution in [0.3, 0.4) is 0 Å². The molecule has 0 aliphatic heterocycles. The standard InChI is InChI=1S/C20H19ClFNO3S2.C3H5Cl.3C2H6/c1-28(24,25)18-9-5-16(6-10-18)20(27)19(15-3-7-17(22)8-4-15)23-12-14-26-13-2-11-21;1-3(2)4;3*1-2/h2-12,27H,13-14H2,1H3;1H2,2H3;3*1-2H3/b11-2+,20-19-,23-12?;;;;. The molecule has 0 amide bonds. The number of nitrogens with zero attached hydrogens (tertiary/aromatic N) is 1. The minimum atomic E-state index is -3.29. The van der Waals surface area contributed by atoms with Gasteiger partial charge in [-0.25, -0.2) is 12.8 Å². The van der Waals surface area contributed by atoms with E-state index >= 15 is 0 Å². The molecule has 2 aromatic carbocycles. The average Bonchev–Trinajstić information content (AvgIpc) is 2.91. The predicted octanol–water partition coefficient (Wildman–Crippen LogP) is 9.66. The van der Waals surface area contributed by atoms with Gasteiger partial charge in [0.15, 0.2) is 9.84 Å². The lowest BCUT2D eigenvalue weighted by Gasteiger charge is -2.09. The van der Waals surface area contributed by atoms with Crippen molar-refractivity contribution >= 4 is 62.5 Å². The summed E-state index contributed by atoms with van der Waals surface area (Å²) in [7, 11) is -3.29. The molecule has 2 rings (SSSR count). The Hall–Kier alpha value is -1.90.